The van der Waals surface area contributed by atoms with Gasteiger partial charge in [-0.05, 0) is 24.6 Å². The number of benzene rings is 1. The number of anilines is 1. The first kappa shape index (κ1) is 13.9. The van der Waals surface area contributed by atoms with Crippen molar-refractivity contribution in [1.82, 2.24) is 10.2 Å². The first-order chi connectivity index (χ1) is 8.70. The summed E-state index contributed by atoms with van der Waals surface area (Å²) in [7, 11) is 0. The van der Waals surface area contributed by atoms with E-state index < -0.39 is 0 Å². The number of thioether (sulfide) groups is 1. The molecular weight excluding hydrogens is 309 g/mol. The predicted octanol–water partition coefficient (Wildman–Crippen LogP) is 4.57. The van der Waals surface area contributed by atoms with E-state index in [0.29, 0.717) is 15.8 Å². The number of nitrogens with one attached hydrogen (secondary N) is 1. The van der Waals surface area contributed by atoms with Gasteiger partial charge in [-0.25, -0.2) is 0 Å². The van der Waals surface area contributed by atoms with Crippen molar-refractivity contribution in [2.45, 2.75) is 17.0 Å². The third-order valence-corrected chi connectivity index (χ3v) is 4.89. The normalized spacial score (nSPS) is 10.6. The summed E-state index contributed by atoms with van der Waals surface area (Å²) in [5.74, 6) is 0.694. The van der Waals surface area contributed by atoms with Crippen molar-refractivity contribution in [3.63, 3.8) is 0 Å². The van der Waals surface area contributed by atoms with Crippen LogP contribution in [0.4, 0.5) is 5.13 Å². The summed E-state index contributed by atoms with van der Waals surface area (Å²) in [6.45, 7) is 2.87. The highest BCUT2D eigenvalue weighted by atomic mass is 35.5. The maximum Gasteiger partial charge on any atom is 0.206 e. The fourth-order valence-corrected chi connectivity index (χ4v) is 3.86. The van der Waals surface area contributed by atoms with Gasteiger partial charge in [0.2, 0.25) is 5.13 Å². The molecule has 7 heteroatoms. The smallest absolute Gasteiger partial charge is 0.206 e. The second-order valence-corrected chi connectivity index (χ2v) is 6.41. The SMILES string of the molecule is CCNc1nnc(SCc2c(Cl)cccc2Cl)s1. The quantitative estimate of drug-likeness (QED) is 0.819. The first-order valence-electron chi connectivity index (χ1n) is 5.33. The lowest BCUT2D eigenvalue weighted by Crippen LogP contribution is -1.94. The Labute approximate surface area is 124 Å². The molecule has 0 bridgehead atoms. The molecule has 0 spiro atoms. The van der Waals surface area contributed by atoms with Crippen molar-refractivity contribution in [2.24, 2.45) is 0 Å². The summed E-state index contributed by atoms with van der Waals surface area (Å²) in [4.78, 5) is 0. The Bertz CT molecular complexity index is 511. The summed E-state index contributed by atoms with van der Waals surface area (Å²) in [5.41, 5.74) is 0.936. The molecule has 0 atom stereocenters. The van der Waals surface area contributed by atoms with Crippen LogP contribution in [0.25, 0.3) is 0 Å². The van der Waals surface area contributed by atoms with Crippen molar-refractivity contribution < 1.29 is 0 Å². The molecule has 1 aromatic carbocycles. The molecule has 0 unspecified atom stereocenters. The van der Waals surface area contributed by atoms with E-state index in [0.717, 1.165) is 21.6 Å². The van der Waals surface area contributed by atoms with Gasteiger partial charge in [0, 0.05) is 22.3 Å². The molecule has 0 aliphatic heterocycles. The van der Waals surface area contributed by atoms with Crippen molar-refractivity contribution in [3.8, 4) is 0 Å². The number of aromatic nitrogens is 2. The highest BCUT2D eigenvalue weighted by Crippen LogP contribution is 2.33. The van der Waals surface area contributed by atoms with Gasteiger partial charge in [-0.3, -0.25) is 0 Å². The topological polar surface area (TPSA) is 37.8 Å². The molecule has 0 fully saturated rings. The standard InChI is InChI=1S/C11H11Cl2N3S2/c1-2-14-10-15-16-11(18-10)17-6-7-8(12)4-3-5-9(7)13/h3-5H,2,6H2,1H3,(H,14,15). The molecule has 0 saturated carbocycles. The molecule has 0 saturated heterocycles. The Balaban J connectivity index is 2.02. The van der Waals surface area contributed by atoms with E-state index in [2.05, 4.69) is 15.5 Å². The average molecular weight is 320 g/mol. The van der Waals surface area contributed by atoms with Crippen molar-refractivity contribution in [3.05, 3.63) is 33.8 Å². The molecule has 96 valence electrons. The fraction of sp³-hybridized carbons (Fsp3) is 0.273. The molecule has 3 nitrogen and oxygen atoms in total. The van der Waals surface area contributed by atoms with E-state index in [1.807, 2.05) is 25.1 Å². The molecule has 18 heavy (non-hydrogen) atoms. The van der Waals surface area contributed by atoms with Crippen LogP contribution < -0.4 is 5.32 Å². The maximum absolute atomic E-state index is 6.11. The third kappa shape index (κ3) is 3.51. The zero-order chi connectivity index (χ0) is 13.0. The van der Waals surface area contributed by atoms with E-state index in [1.165, 1.54) is 11.3 Å². The lowest BCUT2D eigenvalue weighted by Gasteiger charge is -2.04. The van der Waals surface area contributed by atoms with Crippen LogP contribution in [0.15, 0.2) is 22.5 Å². The van der Waals surface area contributed by atoms with Crippen LogP contribution in [0.3, 0.4) is 0 Å². The predicted molar refractivity (Wildman–Crippen MR) is 80.1 cm³/mol. The fourth-order valence-electron chi connectivity index (χ4n) is 1.29. The number of rotatable bonds is 5. The van der Waals surface area contributed by atoms with Gasteiger partial charge in [-0.1, -0.05) is 52.4 Å². The van der Waals surface area contributed by atoms with Gasteiger partial charge in [0.15, 0.2) is 4.34 Å². The van der Waals surface area contributed by atoms with Gasteiger partial charge in [-0.15, -0.1) is 10.2 Å². The molecule has 2 rings (SSSR count). The summed E-state index contributed by atoms with van der Waals surface area (Å²) in [6, 6.07) is 5.52. The highest BCUT2D eigenvalue weighted by molar-refractivity contribution is 8.00. The second kappa shape index (κ2) is 6.61. The van der Waals surface area contributed by atoms with Crippen LogP contribution in [0.5, 0.6) is 0 Å². The monoisotopic (exact) mass is 319 g/mol. The molecule has 0 aliphatic carbocycles. The van der Waals surface area contributed by atoms with Crippen LogP contribution in [0, 0.1) is 0 Å². The van der Waals surface area contributed by atoms with Crippen LogP contribution in [-0.4, -0.2) is 16.7 Å². The zero-order valence-corrected chi connectivity index (χ0v) is 12.8. The minimum Gasteiger partial charge on any atom is -0.360 e. The highest BCUT2D eigenvalue weighted by Gasteiger charge is 2.09. The molecule has 0 aliphatic rings. The van der Waals surface area contributed by atoms with E-state index in [4.69, 9.17) is 23.2 Å². The second-order valence-electron chi connectivity index (χ2n) is 3.39. The number of hydrogen-bond donors (Lipinski definition) is 1. The van der Waals surface area contributed by atoms with E-state index in [9.17, 15) is 0 Å². The lowest BCUT2D eigenvalue weighted by atomic mass is 10.2. The van der Waals surface area contributed by atoms with E-state index in [-0.39, 0.29) is 0 Å². The summed E-state index contributed by atoms with van der Waals surface area (Å²) in [5, 5.41) is 13.5. The molecule has 1 heterocycles. The van der Waals surface area contributed by atoms with Gasteiger partial charge in [-0.2, -0.15) is 0 Å². The van der Waals surface area contributed by atoms with E-state index >= 15 is 0 Å². The Morgan fingerprint density at radius 1 is 1.28 bits per heavy atom. The van der Waals surface area contributed by atoms with E-state index in [1.54, 1.807) is 11.8 Å². The van der Waals surface area contributed by atoms with Gasteiger partial charge < -0.3 is 5.32 Å². The van der Waals surface area contributed by atoms with Crippen molar-refractivity contribution in [2.75, 3.05) is 11.9 Å². The molecular formula is C11H11Cl2N3S2. The van der Waals surface area contributed by atoms with Gasteiger partial charge in [0.05, 0.1) is 0 Å². The maximum atomic E-state index is 6.11. The van der Waals surface area contributed by atoms with Crippen LogP contribution in [0.2, 0.25) is 10.0 Å². The Morgan fingerprint density at radius 2 is 2.00 bits per heavy atom. The molecule has 2 aromatic rings. The minimum absolute atomic E-state index is 0.687. The molecule has 1 aromatic heterocycles. The molecule has 0 amide bonds. The molecule has 0 radical (unpaired) electrons. The van der Waals surface area contributed by atoms with Gasteiger partial charge in [0.25, 0.3) is 0 Å². The van der Waals surface area contributed by atoms with Crippen LogP contribution in [-0.2, 0) is 5.75 Å². The largest absolute Gasteiger partial charge is 0.360 e. The Hall–Kier alpha value is -0.490. The number of halogens is 2. The van der Waals surface area contributed by atoms with Crippen LogP contribution in [0.1, 0.15) is 12.5 Å². The Kier molecular flexibility index (Phi) is 5.12. The number of hydrogen-bond acceptors (Lipinski definition) is 5. The summed E-state index contributed by atoms with van der Waals surface area (Å²) >= 11 is 15.3. The summed E-state index contributed by atoms with van der Waals surface area (Å²) < 4.78 is 0.905. The van der Waals surface area contributed by atoms with Gasteiger partial charge >= 0.3 is 0 Å². The van der Waals surface area contributed by atoms with Gasteiger partial charge in [0.1, 0.15) is 0 Å². The minimum atomic E-state index is 0.687. The van der Waals surface area contributed by atoms with Crippen molar-refractivity contribution in [1.29, 1.82) is 0 Å². The molecule has 1 N–H and O–H groups in total. The third-order valence-electron chi connectivity index (χ3n) is 2.14. The first-order valence-corrected chi connectivity index (χ1v) is 7.89. The number of nitrogens with zero attached hydrogens (tertiary/aromatic N) is 2. The van der Waals surface area contributed by atoms with Crippen LogP contribution >= 0.6 is 46.3 Å². The zero-order valence-electron chi connectivity index (χ0n) is 9.61. The summed E-state index contributed by atoms with van der Waals surface area (Å²) in [6.07, 6.45) is 0. The average Bonchev–Trinajstić information content (AvgIpc) is 2.77. The Morgan fingerprint density at radius 3 is 2.67 bits per heavy atom. The lowest BCUT2D eigenvalue weighted by molar-refractivity contribution is 1.00. The van der Waals surface area contributed by atoms with Crippen molar-refractivity contribution >= 4 is 51.4 Å².